The maximum absolute atomic E-state index is 12.2. The van der Waals surface area contributed by atoms with Crippen LogP contribution >= 0.6 is 15.9 Å². The van der Waals surface area contributed by atoms with Crippen molar-refractivity contribution in [2.45, 2.75) is 46.6 Å². The van der Waals surface area contributed by atoms with Gasteiger partial charge in [0.05, 0.1) is 16.7 Å². The molecule has 1 atom stereocenters. The zero-order valence-electron chi connectivity index (χ0n) is 11.9. The summed E-state index contributed by atoms with van der Waals surface area (Å²) in [6.45, 7) is 8.72. The highest BCUT2D eigenvalue weighted by molar-refractivity contribution is 9.10. The number of hydrogen-bond donors (Lipinski definition) is 0. The molecule has 0 aliphatic carbocycles. The van der Waals surface area contributed by atoms with Gasteiger partial charge in [-0.05, 0) is 48.5 Å². The van der Waals surface area contributed by atoms with Crippen LogP contribution in [0.2, 0.25) is 0 Å². The zero-order chi connectivity index (χ0) is 14.0. The summed E-state index contributed by atoms with van der Waals surface area (Å²) in [6.07, 6.45) is 2.92. The maximum Gasteiger partial charge on any atom is 0.224 e. The molecule has 0 saturated carbocycles. The first-order valence-electron chi connectivity index (χ1n) is 6.96. The van der Waals surface area contributed by atoms with E-state index in [1.807, 2.05) is 23.4 Å². The normalized spacial score (nSPS) is 19.8. The van der Waals surface area contributed by atoms with E-state index in [0.29, 0.717) is 18.9 Å². The third kappa shape index (κ3) is 3.38. The van der Waals surface area contributed by atoms with E-state index in [2.05, 4.69) is 28.0 Å². The van der Waals surface area contributed by atoms with Crippen LogP contribution in [-0.4, -0.2) is 33.7 Å². The van der Waals surface area contributed by atoms with Gasteiger partial charge in [0, 0.05) is 25.2 Å². The first-order chi connectivity index (χ1) is 8.99. The highest BCUT2D eigenvalue weighted by Crippen LogP contribution is 2.20. The molecule has 0 bridgehead atoms. The van der Waals surface area contributed by atoms with Gasteiger partial charge in [0.1, 0.15) is 0 Å². The summed E-state index contributed by atoms with van der Waals surface area (Å²) in [5.41, 5.74) is 2.08. The van der Waals surface area contributed by atoms with E-state index < -0.39 is 0 Å². The second-order valence-electron chi connectivity index (χ2n) is 5.55. The van der Waals surface area contributed by atoms with Crippen LogP contribution in [-0.2, 0) is 11.3 Å². The SMILES string of the molecule is Cc1nn(CCC(=O)N2CCCC(C)C2)c(C)c1Br. The van der Waals surface area contributed by atoms with E-state index in [1.54, 1.807) is 0 Å². The lowest BCUT2D eigenvalue weighted by Crippen LogP contribution is -2.39. The van der Waals surface area contributed by atoms with Crippen LogP contribution in [0.5, 0.6) is 0 Å². The molecule has 0 aromatic carbocycles. The van der Waals surface area contributed by atoms with Gasteiger partial charge in [-0.3, -0.25) is 9.48 Å². The molecular weight excluding hydrogens is 306 g/mol. The summed E-state index contributed by atoms with van der Waals surface area (Å²) in [5, 5.41) is 4.44. The monoisotopic (exact) mass is 327 g/mol. The van der Waals surface area contributed by atoms with E-state index in [4.69, 9.17) is 0 Å². The highest BCUT2D eigenvalue weighted by atomic mass is 79.9. The largest absolute Gasteiger partial charge is 0.342 e. The molecule has 1 saturated heterocycles. The second-order valence-corrected chi connectivity index (χ2v) is 6.34. The standard InChI is InChI=1S/C14H22BrN3O/c1-10-5-4-7-17(9-10)13(19)6-8-18-12(3)14(15)11(2)16-18/h10H,4-9H2,1-3H3. The van der Waals surface area contributed by atoms with E-state index in [1.165, 1.54) is 6.42 Å². The Morgan fingerprint density at radius 3 is 2.79 bits per heavy atom. The fourth-order valence-corrected chi connectivity index (χ4v) is 2.95. The quantitative estimate of drug-likeness (QED) is 0.856. The van der Waals surface area contributed by atoms with Crippen molar-refractivity contribution in [1.82, 2.24) is 14.7 Å². The molecule has 1 unspecified atom stereocenters. The summed E-state index contributed by atoms with van der Waals surface area (Å²) < 4.78 is 2.97. The molecule has 1 aliphatic rings. The minimum Gasteiger partial charge on any atom is -0.342 e. The average Bonchev–Trinajstić information content (AvgIpc) is 2.63. The van der Waals surface area contributed by atoms with Crippen molar-refractivity contribution in [2.75, 3.05) is 13.1 Å². The lowest BCUT2D eigenvalue weighted by Gasteiger charge is -2.31. The van der Waals surface area contributed by atoms with E-state index in [0.717, 1.165) is 35.4 Å². The number of likely N-dealkylation sites (tertiary alicyclic amines) is 1. The zero-order valence-corrected chi connectivity index (χ0v) is 13.5. The number of piperidine rings is 1. The summed E-state index contributed by atoms with van der Waals surface area (Å²) in [4.78, 5) is 14.2. The third-order valence-electron chi connectivity index (χ3n) is 3.84. The molecule has 5 heteroatoms. The molecule has 1 amide bonds. The van der Waals surface area contributed by atoms with Gasteiger partial charge in [-0.2, -0.15) is 5.10 Å². The van der Waals surface area contributed by atoms with Gasteiger partial charge >= 0.3 is 0 Å². The van der Waals surface area contributed by atoms with Crippen LogP contribution in [0.4, 0.5) is 0 Å². The van der Waals surface area contributed by atoms with Crippen LogP contribution in [0.3, 0.4) is 0 Å². The number of amides is 1. The minimum absolute atomic E-state index is 0.259. The molecule has 1 aliphatic heterocycles. The Kier molecular flexibility index (Phi) is 4.66. The molecule has 106 valence electrons. The van der Waals surface area contributed by atoms with Crippen LogP contribution in [0, 0.1) is 19.8 Å². The summed E-state index contributed by atoms with van der Waals surface area (Å²) in [5.74, 6) is 0.899. The Morgan fingerprint density at radius 1 is 1.47 bits per heavy atom. The number of carbonyl (C=O) groups is 1. The molecule has 2 rings (SSSR count). The van der Waals surface area contributed by atoms with Crippen LogP contribution in [0.15, 0.2) is 4.47 Å². The summed E-state index contributed by atoms with van der Waals surface area (Å²) in [7, 11) is 0. The van der Waals surface area contributed by atoms with Crippen LogP contribution < -0.4 is 0 Å². The van der Waals surface area contributed by atoms with Crippen molar-refractivity contribution < 1.29 is 4.79 Å². The topological polar surface area (TPSA) is 38.1 Å². The van der Waals surface area contributed by atoms with Crippen molar-refractivity contribution in [3.8, 4) is 0 Å². The van der Waals surface area contributed by atoms with Crippen LogP contribution in [0.25, 0.3) is 0 Å². The number of nitrogens with zero attached hydrogens (tertiary/aromatic N) is 3. The van der Waals surface area contributed by atoms with Gasteiger partial charge in [0.25, 0.3) is 0 Å². The number of rotatable bonds is 3. The predicted octanol–water partition coefficient (Wildman–Crippen LogP) is 2.91. The number of hydrogen-bond acceptors (Lipinski definition) is 2. The first-order valence-corrected chi connectivity index (χ1v) is 7.75. The van der Waals surface area contributed by atoms with Gasteiger partial charge in [0.2, 0.25) is 5.91 Å². The Labute approximate surface area is 123 Å². The minimum atomic E-state index is 0.259. The lowest BCUT2D eigenvalue weighted by atomic mass is 10.00. The van der Waals surface area contributed by atoms with E-state index in [9.17, 15) is 4.79 Å². The van der Waals surface area contributed by atoms with Gasteiger partial charge in [-0.1, -0.05) is 6.92 Å². The van der Waals surface area contributed by atoms with Crippen molar-refractivity contribution in [3.63, 3.8) is 0 Å². The fraction of sp³-hybridized carbons (Fsp3) is 0.714. The predicted molar refractivity (Wildman–Crippen MR) is 79.0 cm³/mol. The van der Waals surface area contributed by atoms with Gasteiger partial charge in [0.15, 0.2) is 0 Å². The molecular formula is C14H22BrN3O. The molecule has 1 aromatic heterocycles. The van der Waals surface area contributed by atoms with Gasteiger partial charge in [-0.15, -0.1) is 0 Å². The van der Waals surface area contributed by atoms with Crippen LogP contribution in [0.1, 0.15) is 37.6 Å². The molecule has 0 spiro atoms. The Hall–Kier alpha value is -0.840. The molecule has 0 N–H and O–H groups in total. The highest BCUT2D eigenvalue weighted by Gasteiger charge is 2.21. The number of aromatic nitrogens is 2. The molecule has 0 radical (unpaired) electrons. The average molecular weight is 328 g/mol. The van der Waals surface area contributed by atoms with Crippen molar-refractivity contribution >= 4 is 21.8 Å². The van der Waals surface area contributed by atoms with Gasteiger partial charge < -0.3 is 4.90 Å². The number of carbonyl (C=O) groups excluding carboxylic acids is 1. The molecule has 1 aromatic rings. The summed E-state index contributed by atoms with van der Waals surface area (Å²) >= 11 is 3.51. The second kappa shape index (κ2) is 6.07. The van der Waals surface area contributed by atoms with E-state index in [-0.39, 0.29) is 5.91 Å². The Morgan fingerprint density at radius 2 is 2.21 bits per heavy atom. The molecule has 4 nitrogen and oxygen atoms in total. The van der Waals surface area contributed by atoms with Crippen molar-refractivity contribution in [1.29, 1.82) is 0 Å². The number of halogens is 1. The smallest absolute Gasteiger partial charge is 0.224 e. The number of aryl methyl sites for hydroxylation is 2. The third-order valence-corrected chi connectivity index (χ3v) is 4.99. The fourth-order valence-electron chi connectivity index (χ4n) is 2.67. The lowest BCUT2D eigenvalue weighted by molar-refractivity contribution is -0.133. The van der Waals surface area contributed by atoms with E-state index >= 15 is 0 Å². The molecule has 1 fully saturated rings. The van der Waals surface area contributed by atoms with Crippen molar-refractivity contribution in [3.05, 3.63) is 15.9 Å². The summed E-state index contributed by atoms with van der Waals surface area (Å²) in [6, 6.07) is 0. The molecule has 19 heavy (non-hydrogen) atoms. The Balaban J connectivity index is 1.91. The van der Waals surface area contributed by atoms with Gasteiger partial charge in [-0.25, -0.2) is 0 Å². The molecule has 2 heterocycles. The Bertz CT molecular complexity index is 470. The van der Waals surface area contributed by atoms with Crippen molar-refractivity contribution in [2.24, 2.45) is 5.92 Å². The maximum atomic E-state index is 12.2. The first kappa shape index (κ1) is 14.6.